The first kappa shape index (κ1) is 24.0. The minimum Gasteiger partial charge on any atom is -0.379 e. The number of morpholine rings is 1. The van der Waals surface area contributed by atoms with E-state index in [2.05, 4.69) is 25.5 Å². The third kappa shape index (κ3) is 7.47. The van der Waals surface area contributed by atoms with E-state index in [0.29, 0.717) is 13.1 Å². The highest BCUT2D eigenvalue weighted by Crippen LogP contribution is 2.21. The van der Waals surface area contributed by atoms with Gasteiger partial charge in [0, 0.05) is 37.3 Å². The van der Waals surface area contributed by atoms with Gasteiger partial charge in [0.1, 0.15) is 5.82 Å². The summed E-state index contributed by atoms with van der Waals surface area (Å²) in [4.78, 5) is 12.5. The van der Waals surface area contributed by atoms with Crippen LogP contribution in [0.5, 0.6) is 0 Å². The van der Waals surface area contributed by atoms with Crippen molar-refractivity contribution < 1.29 is 9.13 Å². The molecule has 0 aliphatic carbocycles. The number of rotatable bonds is 7. The first-order chi connectivity index (χ1) is 13.7. The fraction of sp³-hybridized carbons (Fsp3) is 0.500. The van der Waals surface area contributed by atoms with Crippen LogP contribution >= 0.6 is 35.3 Å². The minimum absolute atomic E-state index is 0. The van der Waals surface area contributed by atoms with Crippen molar-refractivity contribution in [2.75, 3.05) is 39.4 Å². The summed E-state index contributed by atoms with van der Waals surface area (Å²) in [5.41, 5.74) is 1.09. The molecule has 0 spiro atoms. The maximum atomic E-state index is 13.4. The Bertz CT molecular complexity index is 764. The van der Waals surface area contributed by atoms with Crippen molar-refractivity contribution >= 4 is 41.3 Å². The van der Waals surface area contributed by atoms with Gasteiger partial charge in [0.25, 0.3) is 0 Å². The molecule has 3 rings (SSSR count). The van der Waals surface area contributed by atoms with E-state index in [0.717, 1.165) is 54.3 Å². The second-order valence-corrected chi connectivity index (χ2v) is 7.96. The van der Waals surface area contributed by atoms with Crippen molar-refractivity contribution in [1.82, 2.24) is 20.5 Å². The highest BCUT2D eigenvalue weighted by molar-refractivity contribution is 14.0. The number of benzene rings is 1. The molecule has 1 atom stereocenters. The molecule has 0 amide bonds. The SMILES string of the molecule is CCNC(=NCc1cnc(C)s1)NCC(c1ccc(F)cc1)N1CCOCC1.I. The Kier molecular flexibility index (Phi) is 10.3. The lowest BCUT2D eigenvalue weighted by atomic mass is 10.0. The zero-order chi connectivity index (χ0) is 19.8. The van der Waals surface area contributed by atoms with Gasteiger partial charge in [-0.05, 0) is 31.5 Å². The number of aromatic nitrogens is 1. The molecule has 6 nitrogen and oxygen atoms in total. The topological polar surface area (TPSA) is 61.8 Å². The molecule has 1 saturated heterocycles. The van der Waals surface area contributed by atoms with Crippen LogP contribution in [0.2, 0.25) is 0 Å². The first-order valence-electron chi connectivity index (χ1n) is 9.66. The van der Waals surface area contributed by atoms with Gasteiger partial charge in [-0.2, -0.15) is 0 Å². The average Bonchev–Trinajstić information content (AvgIpc) is 3.13. The Balaban J connectivity index is 0.00000300. The van der Waals surface area contributed by atoms with Crippen LogP contribution in [0.25, 0.3) is 0 Å². The number of nitrogens with zero attached hydrogens (tertiary/aromatic N) is 3. The molecule has 2 heterocycles. The van der Waals surface area contributed by atoms with Gasteiger partial charge in [-0.1, -0.05) is 12.1 Å². The van der Waals surface area contributed by atoms with Crippen molar-refractivity contribution in [3.63, 3.8) is 0 Å². The van der Waals surface area contributed by atoms with Crippen LogP contribution in [-0.4, -0.2) is 55.2 Å². The summed E-state index contributed by atoms with van der Waals surface area (Å²) in [7, 11) is 0. The fourth-order valence-electron chi connectivity index (χ4n) is 3.20. The van der Waals surface area contributed by atoms with Gasteiger partial charge in [0.15, 0.2) is 5.96 Å². The number of thiazole rings is 1. The molecule has 0 bridgehead atoms. The van der Waals surface area contributed by atoms with Crippen LogP contribution in [0.4, 0.5) is 4.39 Å². The Morgan fingerprint density at radius 3 is 2.62 bits per heavy atom. The van der Waals surface area contributed by atoms with Crippen LogP contribution in [0.3, 0.4) is 0 Å². The third-order valence-corrected chi connectivity index (χ3v) is 5.51. The summed E-state index contributed by atoms with van der Waals surface area (Å²) in [5, 5.41) is 7.80. The quantitative estimate of drug-likeness (QED) is 0.325. The average molecular weight is 533 g/mol. The number of halogens is 2. The number of hydrogen-bond donors (Lipinski definition) is 2. The summed E-state index contributed by atoms with van der Waals surface area (Å²) in [5.74, 6) is 0.557. The summed E-state index contributed by atoms with van der Waals surface area (Å²) >= 11 is 1.66. The lowest BCUT2D eigenvalue weighted by Crippen LogP contribution is -2.46. The van der Waals surface area contributed by atoms with Crippen molar-refractivity contribution in [3.05, 3.63) is 51.7 Å². The zero-order valence-corrected chi connectivity index (χ0v) is 20.0. The molecule has 1 aromatic carbocycles. The molecular weight excluding hydrogens is 504 g/mol. The summed E-state index contributed by atoms with van der Waals surface area (Å²) in [6.45, 7) is 9.26. The smallest absolute Gasteiger partial charge is 0.191 e. The Morgan fingerprint density at radius 1 is 1.28 bits per heavy atom. The Labute approximate surface area is 193 Å². The van der Waals surface area contributed by atoms with Gasteiger partial charge in [-0.25, -0.2) is 14.4 Å². The van der Waals surface area contributed by atoms with Crippen LogP contribution < -0.4 is 10.6 Å². The van der Waals surface area contributed by atoms with Gasteiger partial charge in [0.2, 0.25) is 0 Å². The van der Waals surface area contributed by atoms with E-state index in [4.69, 9.17) is 4.74 Å². The third-order valence-electron chi connectivity index (χ3n) is 4.61. The summed E-state index contributed by atoms with van der Waals surface area (Å²) < 4.78 is 18.9. The normalized spacial score (nSPS) is 16.2. The zero-order valence-electron chi connectivity index (χ0n) is 16.9. The molecule has 1 fully saturated rings. The van der Waals surface area contributed by atoms with Crippen molar-refractivity contribution in [3.8, 4) is 0 Å². The van der Waals surface area contributed by atoms with E-state index in [1.54, 1.807) is 11.3 Å². The molecule has 0 saturated carbocycles. The standard InChI is InChI=1S/C20H28FN5OS.HI/c1-3-22-20(24-13-18-12-23-15(2)28-18)25-14-19(26-8-10-27-11-9-26)16-4-6-17(21)7-5-16;/h4-7,12,19H,3,8-11,13-14H2,1-2H3,(H2,22,24,25);1H. The van der Waals surface area contributed by atoms with E-state index in [9.17, 15) is 4.39 Å². The molecule has 1 aliphatic heterocycles. The highest BCUT2D eigenvalue weighted by Gasteiger charge is 2.23. The van der Waals surface area contributed by atoms with E-state index in [1.807, 2.05) is 32.2 Å². The Morgan fingerprint density at radius 2 is 2.00 bits per heavy atom. The van der Waals surface area contributed by atoms with Gasteiger partial charge < -0.3 is 15.4 Å². The molecule has 1 aromatic heterocycles. The molecule has 29 heavy (non-hydrogen) atoms. The van der Waals surface area contributed by atoms with E-state index in [1.165, 1.54) is 12.1 Å². The lowest BCUT2D eigenvalue weighted by Gasteiger charge is -2.35. The predicted octanol–water partition coefficient (Wildman–Crippen LogP) is 3.34. The minimum atomic E-state index is -0.216. The van der Waals surface area contributed by atoms with Crippen LogP contribution in [0.1, 0.15) is 28.4 Å². The number of aliphatic imine (C=N–C) groups is 1. The van der Waals surface area contributed by atoms with E-state index < -0.39 is 0 Å². The molecule has 1 aliphatic rings. The van der Waals surface area contributed by atoms with Gasteiger partial charge in [-0.15, -0.1) is 35.3 Å². The monoisotopic (exact) mass is 533 g/mol. The van der Waals surface area contributed by atoms with Crippen LogP contribution in [-0.2, 0) is 11.3 Å². The largest absolute Gasteiger partial charge is 0.379 e. The summed E-state index contributed by atoms with van der Waals surface area (Å²) in [6.07, 6.45) is 1.88. The second-order valence-electron chi connectivity index (χ2n) is 6.64. The summed E-state index contributed by atoms with van der Waals surface area (Å²) in [6, 6.07) is 6.89. The Hall–Kier alpha value is -1.30. The maximum Gasteiger partial charge on any atom is 0.191 e. The number of nitrogens with one attached hydrogen (secondary N) is 2. The van der Waals surface area contributed by atoms with E-state index in [-0.39, 0.29) is 35.8 Å². The fourth-order valence-corrected chi connectivity index (χ4v) is 3.92. The molecule has 2 N–H and O–H groups in total. The van der Waals surface area contributed by atoms with Crippen LogP contribution in [0.15, 0.2) is 35.5 Å². The molecular formula is C20H29FIN5OS. The van der Waals surface area contributed by atoms with Crippen molar-refractivity contribution in [2.45, 2.75) is 26.4 Å². The highest BCUT2D eigenvalue weighted by atomic mass is 127. The van der Waals surface area contributed by atoms with Gasteiger partial charge >= 0.3 is 0 Å². The number of hydrogen-bond acceptors (Lipinski definition) is 5. The maximum absolute atomic E-state index is 13.4. The van der Waals surface area contributed by atoms with E-state index >= 15 is 0 Å². The molecule has 2 aromatic rings. The second kappa shape index (κ2) is 12.4. The number of aryl methyl sites for hydroxylation is 1. The van der Waals surface area contributed by atoms with Gasteiger partial charge in [0.05, 0.1) is 30.8 Å². The van der Waals surface area contributed by atoms with Crippen molar-refractivity contribution in [1.29, 1.82) is 0 Å². The van der Waals surface area contributed by atoms with Crippen molar-refractivity contribution in [2.24, 2.45) is 4.99 Å². The molecule has 0 radical (unpaired) electrons. The lowest BCUT2D eigenvalue weighted by molar-refractivity contribution is 0.0170. The first-order valence-corrected chi connectivity index (χ1v) is 10.5. The molecule has 9 heteroatoms. The molecule has 1 unspecified atom stereocenters. The van der Waals surface area contributed by atoms with Gasteiger partial charge in [-0.3, -0.25) is 4.90 Å². The molecule has 160 valence electrons. The number of guanidine groups is 1. The predicted molar refractivity (Wildman–Crippen MR) is 127 cm³/mol. The number of ether oxygens (including phenoxy) is 1. The van der Waals surface area contributed by atoms with Crippen LogP contribution in [0, 0.1) is 12.7 Å².